The third-order valence-corrected chi connectivity index (χ3v) is 5.31. The third kappa shape index (κ3) is 2.61. The van der Waals surface area contributed by atoms with Gasteiger partial charge in [-0.2, -0.15) is 0 Å². The van der Waals surface area contributed by atoms with Crippen molar-refractivity contribution in [2.24, 2.45) is 0 Å². The standard InChI is InChI=1S/C20H24N2O2/c1-21(2)15-10-16(13-23)22(12-15)11-14-6-5-8-18-17-7-3-4-9-19(17)24-20(14)18/h3-9,15-16,23H,10-13H2,1-2H3/t15-,16+/m1/s1. The molecule has 3 aromatic rings. The van der Waals surface area contributed by atoms with E-state index in [4.69, 9.17) is 4.42 Å². The second-order valence-corrected chi connectivity index (χ2v) is 7.01. The number of para-hydroxylation sites is 2. The zero-order chi connectivity index (χ0) is 16.7. The SMILES string of the molecule is CN(C)[C@@H]1C[C@@H](CO)N(Cc2cccc3c2oc2ccccc23)C1. The van der Waals surface area contributed by atoms with Crippen molar-refractivity contribution in [2.45, 2.75) is 25.0 Å². The van der Waals surface area contributed by atoms with Crippen LogP contribution in [0.1, 0.15) is 12.0 Å². The van der Waals surface area contributed by atoms with E-state index >= 15 is 0 Å². The highest BCUT2D eigenvalue weighted by atomic mass is 16.3. The summed E-state index contributed by atoms with van der Waals surface area (Å²) in [6.45, 7) is 2.00. The molecule has 1 fully saturated rings. The molecule has 2 atom stereocenters. The summed E-state index contributed by atoms with van der Waals surface area (Å²) < 4.78 is 6.14. The number of fused-ring (bicyclic) bond motifs is 3. The lowest BCUT2D eigenvalue weighted by molar-refractivity contribution is 0.153. The van der Waals surface area contributed by atoms with Gasteiger partial charge in [0.2, 0.25) is 0 Å². The van der Waals surface area contributed by atoms with Crippen LogP contribution in [0.2, 0.25) is 0 Å². The van der Waals surface area contributed by atoms with E-state index in [1.807, 2.05) is 18.2 Å². The molecule has 0 amide bonds. The number of furan rings is 1. The Labute approximate surface area is 142 Å². The lowest BCUT2D eigenvalue weighted by Gasteiger charge is -2.23. The second kappa shape index (κ2) is 6.20. The Balaban J connectivity index is 1.69. The Morgan fingerprint density at radius 3 is 2.71 bits per heavy atom. The molecule has 126 valence electrons. The molecule has 4 rings (SSSR count). The van der Waals surface area contributed by atoms with E-state index in [0.29, 0.717) is 6.04 Å². The topological polar surface area (TPSA) is 39.9 Å². The van der Waals surface area contributed by atoms with Crippen molar-refractivity contribution in [3.05, 3.63) is 48.0 Å². The van der Waals surface area contributed by atoms with Crippen molar-refractivity contribution in [1.82, 2.24) is 9.80 Å². The minimum atomic E-state index is 0.209. The number of benzene rings is 2. The molecule has 2 heterocycles. The molecule has 2 aromatic carbocycles. The molecule has 1 aliphatic heterocycles. The quantitative estimate of drug-likeness (QED) is 0.800. The van der Waals surface area contributed by atoms with Gasteiger partial charge in [-0.05, 0) is 26.6 Å². The first-order chi connectivity index (χ1) is 11.7. The van der Waals surface area contributed by atoms with Gasteiger partial charge in [0.05, 0.1) is 6.61 Å². The molecule has 1 aliphatic rings. The van der Waals surface area contributed by atoms with Crippen LogP contribution >= 0.6 is 0 Å². The maximum absolute atomic E-state index is 9.76. The summed E-state index contributed by atoms with van der Waals surface area (Å²) in [7, 11) is 4.23. The average Bonchev–Trinajstić information content (AvgIpc) is 3.17. The Kier molecular flexibility index (Phi) is 4.04. The van der Waals surface area contributed by atoms with Crippen molar-refractivity contribution in [2.75, 3.05) is 27.2 Å². The zero-order valence-electron chi connectivity index (χ0n) is 14.3. The summed E-state index contributed by atoms with van der Waals surface area (Å²) in [6, 6.07) is 15.3. The van der Waals surface area contributed by atoms with Gasteiger partial charge in [0, 0.05) is 41.5 Å². The van der Waals surface area contributed by atoms with Gasteiger partial charge < -0.3 is 14.4 Å². The van der Waals surface area contributed by atoms with Crippen molar-refractivity contribution < 1.29 is 9.52 Å². The van der Waals surface area contributed by atoms with Gasteiger partial charge in [0.25, 0.3) is 0 Å². The van der Waals surface area contributed by atoms with Crippen molar-refractivity contribution in [3.63, 3.8) is 0 Å². The molecule has 4 heteroatoms. The minimum Gasteiger partial charge on any atom is -0.456 e. The first-order valence-electron chi connectivity index (χ1n) is 8.58. The second-order valence-electron chi connectivity index (χ2n) is 7.01. The molecule has 0 saturated carbocycles. The first kappa shape index (κ1) is 15.6. The maximum atomic E-state index is 9.76. The van der Waals surface area contributed by atoms with Crippen LogP contribution < -0.4 is 0 Å². The largest absolute Gasteiger partial charge is 0.456 e. The molecule has 1 saturated heterocycles. The fourth-order valence-corrected chi connectivity index (χ4v) is 3.86. The number of aliphatic hydroxyl groups excluding tert-OH is 1. The Morgan fingerprint density at radius 2 is 1.92 bits per heavy atom. The zero-order valence-corrected chi connectivity index (χ0v) is 14.3. The molecule has 1 N–H and O–H groups in total. The van der Waals surface area contributed by atoms with Crippen LogP contribution in [0.4, 0.5) is 0 Å². The lowest BCUT2D eigenvalue weighted by Crippen LogP contribution is -2.33. The highest BCUT2D eigenvalue weighted by Gasteiger charge is 2.33. The van der Waals surface area contributed by atoms with Gasteiger partial charge in [0.15, 0.2) is 0 Å². The van der Waals surface area contributed by atoms with Gasteiger partial charge in [-0.1, -0.05) is 36.4 Å². The summed E-state index contributed by atoms with van der Waals surface area (Å²) in [5, 5.41) is 12.1. The summed E-state index contributed by atoms with van der Waals surface area (Å²) >= 11 is 0. The number of hydrogen-bond donors (Lipinski definition) is 1. The highest BCUT2D eigenvalue weighted by Crippen LogP contribution is 2.32. The fourth-order valence-electron chi connectivity index (χ4n) is 3.86. The monoisotopic (exact) mass is 324 g/mol. The smallest absolute Gasteiger partial charge is 0.139 e. The molecule has 24 heavy (non-hydrogen) atoms. The summed E-state index contributed by atoms with van der Waals surface area (Å²) in [6.07, 6.45) is 1.01. The van der Waals surface area contributed by atoms with Crippen LogP contribution in [0.25, 0.3) is 21.9 Å². The number of likely N-dealkylation sites (tertiary alicyclic amines) is 1. The van der Waals surface area contributed by atoms with Crippen molar-refractivity contribution >= 4 is 21.9 Å². The number of nitrogens with zero attached hydrogens (tertiary/aromatic N) is 2. The molecule has 0 unspecified atom stereocenters. The molecule has 0 aliphatic carbocycles. The third-order valence-electron chi connectivity index (χ3n) is 5.31. The number of rotatable bonds is 4. The van der Waals surface area contributed by atoms with Crippen LogP contribution in [-0.4, -0.2) is 54.2 Å². The van der Waals surface area contributed by atoms with Crippen LogP contribution in [0.5, 0.6) is 0 Å². The number of likely N-dealkylation sites (N-methyl/N-ethyl adjacent to an activating group) is 1. The van der Waals surface area contributed by atoms with E-state index in [1.165, 1.54) is 16.3 Å². The van der Waals surface area contributed by atoms with Crippen molar-refractivity contribution in [1.29, 1.82) is 0 Å². The normalized spacial score (nSPS) is 22.2. The average molecular weight is 324 g/mol. The lowest BCUT2D eigenvalue weighted by atomic mass is 10.1. The summed E-state index contributed by atoms with van der Waals surface area (Å²) in [5.74, 6) is 0. The van der Waals surface area contributed by atoms with Crippen LogP contribution in [0.3, 0.4) is 0 Å². The first-order valence-corrected chi connectivity index (χ1v) is 8.58. The van der Waals surface area contributed by atoms with E-state index in [9.17, 15) is 5.11 Å². The number of aliphatic hydroxyl groups is 1. The minimum absolute atomic E-state index is 0.209. The molecule has 0 radical (unpaired) electrons. The molecule has 0 spiro atoms. The van der Waals surface area contributed by atoms with E-state index in [2.05, 4.69) is 48.2 Å². The van der Waals surface area contributed by atoms with Crippen LogP contribution in [0, 0.1) is 0 Å². The summed E-state index contributed by atoms with van der Waals surface area (Å²) in [4.78, 5) is 4.64. The highest BCUT2D eigenvalue weighted by molar-refractivity contribution is 6.05. The van der Waals surface area contributed by atoms with E-state index < -0.39 is 0 Å². The van der Waals surface area contributed by atoms with Gasteiger partial charge in [-0.25, -0.2) is 0 Å². The van der Waals surface area contributed by atoms with E-state index in [0.717, 1.165) is 30.7 Å². The van der Waals surface area contributed by atoms with E-state index in [-0.39, 0.29) is 12.6 Å². The Hall–Kier alpha value is -1.88. The van der Waals surface area contributed by atoms with Gasteiger partial charge in [0.1, 0.15) is 11.2 Å². The van der Waals surface area contributed by atoms with E-state index in [1.54, 1.807) is 0 Å². The predicted octanol–water partition coefficient (Wildman–Crippen LogP) is 3.08. The van der Waals surface area contributed by atoms with Crippen molar-refractivity contribution in [3.8, 4) is 0 Å². The van der Waals surface area contributed by atoms with Crippen LogP contribution in [0.15, 0.2) is 46.9 Å². The molecular weight excluding hydrogens is 300 g/mol. The molecule has 1 aromatic heterocycles. The van der Waals surface area contributed by atoms with Crippen LogP contribution in [-0.2, 0) is 6.54 Å². The van der Waals surface area contributed by atoms with Gasteiger partial charge >= 0.3 is 0 Å². The summed E-state index contributed by atoms with van der Waals surface area (Å²) in [5.41, 5.74) is 3.11. The predicted molar refractivity (Wildman–Crippen MR) is 97.1 cm³/mol. The Bertz CT molecular complexity index is 855. The van der Waals surface area contributed by atoms with Gasteiger partial charge in [-0.15, -0.1) is 0 Å². The molecular formula is C20H24N2O2. The fraction of sp³-hybridized carbons (Fsp3) is 0.400. The Morgan fingerprint density at radius 1 is 1.12 bits per heavy atom. The molecule has 4 nitrogen and oxygen atoms in total. The maximum Gasteiger partial charge on any atom is 0.139 e. The molecule has 0 bridgehead atoms. The van der Waals surface area contributed by atoms with Gasteiger partial charge in [-0.3, -0.25) is 4.90 Å². The number of hydrogen-bond acceptors (Lipinski definition) is 4.